The van der Waals surface area contributed by atoms with Crippen LogP contribution in [-0.4, -0.2) is 54.3 Å². The van der Waals surface area contributed by atoms with Crippen LogP contribution in [0.1, 0.15) is 17.5 Å². The number of terminal acetylenes is 1. The Hall–Kier alpha value is -3.17. The lowest BCUT2D eigenvalue weighted by Crippen LogP contribution is -2.37. The maximum atomic E-state index is 9.55. The first-order chi connectivity index (χ1) is 14.8. The highest BCUT2D eigenvalue weighted by molar-refractivity contribution is 7.22. The van der Waals surface area contributed by atoms with E-state index in [1.807, 2.05) is 24.3 Å². The molecule has 3 aromatic rings. The van der Waals surface area contributed by atoms with Gasteiger partial charge in [-0.05, 0) is 31.2 Å². The van der Waals surface area contributed by atoms with Crippen molar-refractivity contribution in [2.45, 2.75) is 6.42 Å². The van der Waals surface area contributed by atoms with Gasteiger partial charge >= 0.3 is 0 Å². The van der Waals surface area contributed by atoms with Crippen molar-refractivity contribution in [3.63, 3.8) is 0 Å². The molecular formula is C22H22N6OS. The average molecular weight is 419 g/mol. The molecule has 4 rings (SSSR count). The summed E-state index contributed by atoms with van der Waals surface area (Å²) in [6.07, 6.45) is 8.08. The van der Waals surface area contributed by atoms with E-state index >= 15 is 0 Å². The summed E-state index contributed by atoms with van der Waals surface area (Å²) in [7, 11) is 0. The number of nitriles is 1. The minimum atomic E-state index is 0.469. The molecule has 3 heterocycles. The molecule has 7 nitrogen and oxygen atoms in total. The molecule has 1 aliphatic rings. The van der Waals surface area contributed by atoms with Gasteiger partial charge in [-0.25, -0.2) is 9.97 Å². The first kappa shape index (κ1) is 20.1. The van der Waals surface area contributed by atoms with Crippen molar-refractivity contribution in [2.75, 3.05) is 50.0 Å². The lowest BCUT2D eigenvalue weighted by molar-refractivity contribution is 0.0378. The van der Waals surface area contributed by atoms with E-state index in [0.717, 1.165) is 66.9 Å². The number of hydrogen-bond acceptors (Lipinski definition) is 8. The van der Waals surface area contributed by atoms with Gasteiger partial charge in [0, 0.05) is 37.1 Å². The van der Waals surface area contributed by atoms with E-state index in [9.17, 15) is 5.26 Å². The van der Waals surface area contributed by atoms with E-state index in [1.54, 1.807) is 6.20 Å². The van der Waals surface area contributed by atoms with Crippen molar-refractivity contribution < 1.29 is 4.74 Å². The molecule has 1 aliphatic heterocycles. The van der Waals surface area contributed by atoms with Crippen LogP contribution >= 0.6 is 11.3 Å². The van der Waals surface area contributed by atoms with Crippen molar-refractivity contribution in [3.05, 3.63) is 41.6 Å². The molecule has 8 heteroatoms. The summed E-state index contributed by atoms with van der Waals surface area (Å²) in [4.78, 5) is 11.4. The van der Waals surface area contributed by atoms with Gasteiger partial charge in [0.05, 0.1) is 24.5 Å². The summed E-state index contributed by atoms with van der Waals surface area (Å²) in [5.41, 5.74) is 3.38. The molecule has 0 saturated carbocycles. The van der Waals surface area contributed by atoms with Crippen LogP contribution in [0.2, 0.25) is 0 Å². The molecule has 0 spiro atoms. The van der Waals surface area contributed by atoms with Gasteiger partial charge < -0.3 is 15.4 Å². The van der Waals surface area contributed by atoms with Gasteiger partial charge in [-0.2, -0.15) is 5.26 Å². The molecule has 30 heavy (non-hydrogen) atoms. The second kappa shape index (κ2) is 9.55. The SMILES string of the molecule is C#Cc1cccc(Nc2c(C#N)cnc3nc(NCCCN4CCOCC4)sc23)c1. The summed E-state index contributed by atoms with van der Waals surface area (Å²) in [5, 5.41) is 17.1. The molecule has 0 bridgehead atoms. The van der Waals surface area contributed by atoms with Crippen LogP contribution in [0.25, 0.3) is 10.3 Å². The van der Waals surface area contributed by atoms with Crippen LogP contribution in [0.15, 0.2) is 30.5 Å². The van der Waals surface area contributed by atoms with E-state index in [4.69, 9.17) is 11.2 Å². The van der Waals surface area contributed by atoms with Crippen LogP contribution in [-0.2, 0) is 4.74 Å². The van der Waals surface area contributed by atoms with Crippen LogP contribution in [0.3, 0.4) is 0 Å². The molecule has 1 saturated heterocycles. The van der Waals surface area contributed by atoms with E-state index in [-0.39, 0.29) is 0 Å². The molecule has 0 aliphatic carbocycles. The Labute approximate surface area is 179 Å². The number of nitrogens with one attached hydrogen (secondary N) is 2. The molecule has 0 amide bonds. The maximum absolute atomic E-state index is 9.55. The number of nitrogens with zero attached hydrogens (tertiary/aromatic N) is 4. The largest absolute Gasteiger partial charge is 0.379 e. The Kier molecular flexibility index (Phi) is 6.41. The standard InChI is InChI=1S/C22H22N6OS/c1-2-16-5-3-6-18(13-16)26-19-17(14-23)15-25-21-20(19)30-22(27-21)24-7-4-8-28-9-11-29-12-10-28/h1,3,5-6,13,15H,4,7-12H2,(H2,24,25,26,27). The molecule has 2 aromatic heterocycles. The second-order valence-corrected chi connectivity index (χ2v) is 7.91. The Morgan fingerprint density at radius 3 is 2.97 bits per heavy atom. The lowest BCUT2D eigenvalue weighted by Gasteiger charge is -2.26. The summed E-state index contributed by atoms with van der Waals surface area (Å²) in [6.45, 7) is 5.50. The number of rotatable bonds is 7. The van der Waals surface area contributed by atoms with Gasteiger partial charge in [0.2, 0.25) is 0 Å². The fourth-order valence-corrected chi connectivity index (χ4v) is 4.27. The van der Waals surface area contributed by atoms with Gasteiger partial charge in [0.15, 0.2) is 10.8 Å². The highest BCUT2D eigenvalue weighted by atomic mass is 32.1. The molecule has 1 fully saturated rings. The van der Waals surface area contributed by atoms with E-state index in [1.165, 1.54) is 11.3 Å². The number of thiazole rings is 1. The summed E-state index contributed by atoms with van der Waals surface area (Å²) in [5.74, 6) is 2.63. The lowest BCUT2D eigenvalue weighted by atomic mass is 10.2. The highest BCUT2D eigenvalue weighted by Crippen LogP contribution is 2.35. The van der Waals surface area contributed by atoms with Crippen LogP contribution in [0, 0.1) is 23.7 Å². The number of hydrogen-bond donors (Lipinski definition) is 2. The molecule has 0 radical (unpaired) electrons. The topological polar surface area (TPSA) is 86.1 Å². The second-order valence-electron chi connectivity index (χ2n) is 6.91. The Morgan fingerprint density at radius 1 is 1.30 bits per heavy atom. The predicted octanol–water partition coefficient (Wildman–Crippen LogP) is 3.42. The zero-order valence-corrected chi connectivity index (χ0v) is 17.3. The molecular weight excluding hydrogens is 396 g/mol. The summed E-state index contributed by atoms with van der Waals surface area (Å²) < 4.78 is 6.23. The van der Waals surface area contributed by atoms with Crippen LogP contribution in [0.5, 0.6) is 0 Å². The molecule has 0 atom stereocenters. The Bertz CT molecular complexity index is 1110. The number of aromatic nitrogens is 2. The highest BCUT2D eigenvalue weighted by Gasteiger charge is 2.15. The Balaban J connectivity index is 1.48. The van der Waals surface area contributed by atoms with Gasteiger partial charge in [0.1, 0.15) is 10.8 Å². The van der Waals surface area contributed by atoms with Gasteiger partial charge in [-0.1, -0.05) is 23.3 Å². The van der Waals surface area contributed by atoms with E-state index < -0.39 is 0 Å². The predicted molar refractivity (Wildman–Crippen MR) is 120 cm³/mol. The summed E-state index contributed by atoms with van der Waals surface area (Å²) >= 11 is 1.50. The van der Waals surface area contributed by atoms with Crippen molar-refractivity contribution in [1.29, 1.82) is 5.26 Å². The third kappa shape index (κ3) is 4.69. The van der Waals surface area contributed by atoms with Crippen molar-refractivity contribution in [1.82, 2.24) is 14.9 Å². The van der Waals surface area contributed by atoms with Crippen LogP contribution in [0.4, 0.5) is 16.5 Å². The zero-order chi connectivity index (χ0) is 20.8. The average Bonchev–Trinajstić information content (AvgIpc) is 3.21. The number of pyridine rings is 1. The van der Waals surface area contributed by atoms with Crippen LogP contribution < -0.4 is 10.6 Å². The van der Waals surface area contributed by atoms with E-state index in [0.29, 0.717) is 16.9 Å². The molecule has 2 N–H and O–H groups in total. The molecule has 0 unspecified atom stereocenters. The number of fused-ring (bicyclic) bond motifs is 1. The first-order valence-electron chi connectivity index (χ1n) is 9.84. The zero-order valence-electron chi connectivity index (χ0n) is 16.5. The normalized spacial score (nSPS) is 14.2. The monoisotopic (exact) mass is 418 g/mol. The molecule has 152 valence electrons. The number of morpholine rings is 1. The fraction of sp³-hybridized carbons (Fsp3) is 0.318. The fourth-order valence-electron chi connectivity index (χ4n) is 3.31. The minimum absolute atomic E-state index is 0.469. The third-order valence-corrected chi connectivity index (χ3v) is 5.89. The number of ether oxygens (including phenoxy) is 1. The minimum Gasteiger partial charge on any atom is -0.379 e. The first-order valence-corrected chi connectivity index (χ1v) is 10.7. The van der Waals surface area contributed by atoms with Gasteiger partial charge in [0.25, 0.3) is 0 Å². The number of benzene rings is 1. The van der Waals surface area contributed by atoms with E-state index in [2.05, 4.69) is 37.5 Å². The number of anilines is 3. The maximum Gasteiger partial charge on any atom is 0.185 e. The van der Waals surface area contributed by atoms with Gasteiger partial charge in [-0.3, -0.25) is 4.90 Å². The van der Waals surface area contributed by atoms with Gasteiger partial charge in [-0.15, -0.1) is 6.42 Å². The summed E-state index contributed by atoms with van der Waals surface area (Å²) in [6, 6.07) is 9.75. The van der Waals surface area contributed by atoms with Crippen molar-refractivity contribution >= 4 is 38.2 Å². The molecule has 1 aromatic carbocycles. The Morgan fingerprint density at radius 2 is 2.17 bits per heavy atom. The quantitative estimate of drug-likeness (QED) is 0.449. The third-order valence-electron chi connectivity index (χ3n) is 4.87. The smallest absolute Gasteiger partial charge is 0.185 e. The van der Waals surface area contributed by atoms with Crippen molar-refractivity contribution in [2.24, 2.45) is 0 Å². The van der Waals surface area contributed by atoms with Crippen molar-refractivity contribution in [3.8, 4) is 18.4 Å².